The van der Waals surface area contributed by atoms with Gasteiger partial charge in [-0.1, -0.05) is 52.3 Å². The summed E-state index contributed by atoms with van der Waals surface area (Å²) in [7, 11) is 0. The minimum atomic E-state index is -4.35. The van der Waals surface area contributed by atoms with E-state index in [2.05, 4.69) is 15.9 Å². The minimum Gasteiger partial charge on any atom is -0.166 e. The highest BCUT2D eigenvalue weighted by Crippen LogP contribution is 2.43. The molecule has 0 nitrogen and oxygen atoms in total. The molecule has 1 heterocycles. The zero-order valence-electron chi connectivity index (χ0n) is 10.7. The molecule has 0 aliphatic heterocycles. The van der Waals surface area contributed by atoms with E-state index in [1.807, 2.05) is 29.6 Å². The Balaban J connectivity index is 2.13. The van der Waals surface area contributed by atoms with Crippen LogP contribution in [0.1, 0.15) is 21.5 Å². The smallest absolute Gasteiger partial charge is 0.166 e. The standard InChI is InChI=1S/C16H10BrF3S/c17-15(11-6-1-3-7-13(11)16(18,19)20)12-9-21-14-8-4-2-5-10(12)14/h1-9,15H. The van der Waals surface area contributed by atoms with Gasteiger partial charge in [-0.2, -0.15) is 13.2 Å². The fourth-order valence-electron chi connectivity index (χ4n) is 2.34. The van der Waals surface area contributed by atoms with Gasteiger partial charge < -0.3 is 0 Å². The first-order chi connectivity index (χ1) is 9.98. The van der Waals surface area contributed by atoms with E-state index >= 15 is 0 Å². The fourth-order valence-corrected chi connectivity index (χ4v) is 4.28. The molecular weight excluding hydrogens is 361 g/mol. The number of hydrogen-bond acceptors (Lipinski definition) is 1. The van der Waals surface area contributed by atoms with Crippen LogP contribution in [-0.2, 0) is 6.18 Å². The average molecular weight is 371 g/mol. The van der Waals surface area contributed by atoms with Crippen LogP contribution in [0.5, 0.6) is 0 Å². The molecule has 0 aliphatic carbocycles. The Morgan fingerprint density at radius 3 is 2.33 bits per heavy atom. The van der Waals surface area contributed by atoms with E-state index in [4.69, 9.17) is 0 Å². The molecule has 108 valence electrons. The van der Waals surface area contributed by atoms with Gasteiger partial charge in [-0.15, -0.1) is 11.3 Å². The molecule has 1 aromatic heterocycles. The molecule has 21 heavy (non-hydrogen) atoms. The second kappa shape index (κ2) is 5.46. The number of benzene rings is 2. The van der Waals surface area contributed by atoms with Gasteiger partial charge in [0.25, 0.3) is 0 Å². The molecule has 3 aromatic rings. The quantitative estimate of drug-likeness (QED) is 0.457. The third-order valence-corrected chi connectivity index (χ3v) is 5.29. The van der Waals surface area contributed by atoms with Gasteiger partial charge in [-0.25, -0.2) is 0 Å². The van der Waals surface area contributed by atoms with Crippen LogP contribution < -0.4 is 0 Å². The average Bonchev–Trinajstić information content (AvgIpc) is 2.89. The molecule has 0 aliphatic rings. The van der Waals surface area contributed by atoms with E-state index < -0.39 is 16.6 Å². The van der Waals surface area contributed by atoms with Crippen molar-refractivity contribution in [3.8, 4) is 0 Å². The van der Waals surface area contributed by atoms with E-state index in [1.54, 1.807) is 6.07 Å². The second-order valence-electron chi connectivity index (χ2n) is 4.63. The maximum Gasteiger partial charge on any atom is 0.416 e. The second-order valence-corrected chi connectivity index (χ2v) is 6.46. The summed E-state index contributed by atoms with van der Waals surface area (Å²) in [4.78, 5) is -0.480. The molecule has 5 heteroatoms. The van der Waals surface area contributed by atoms with Crippen molar-refractivity contribution in [1.82, 2.24) is 0 Å². The number of rotatable bonds is 2. The normalized spacial score (nSPS) is 13.5. The van der Waals surface area contributed by atoms with Crippen LogP contribution in [0.15, 0.2) is 53.9 Å². The van der Waals surface area contributed by atoms with E-state index in [0.717, 1.165) is 21.7 Å². The molecule has 3 rings (SSSR count). The zero-order chi connectivity index (χ0) is 15.0. The Labute approximate surface area is 132 Å². The molecule has 0 spiro atoms. The third kappa shape index (κ3) is 2.72. The van der Waals surface area contributed by atoms with Crippen molar-refractivity contribution in [1.29, 1.82) is 0 Å². The summed E-state index contributed by atoms with van der Waals surface area (Å²) in [5.74, 6) is 0. The van der Waals surface area contributed by atoms with Crippen LogP contribution in [0, 0.1) is 0 Å². The molecule has 1 atom stereocenters. The van der Waals surface area contributed by atoms with Gasteiger partial charge in [0.1, 0.15) is 0 Å². The fraction of sp³-hybridized carbons (Fsp3) is 0.125. The Morgan fingerprint density at radius 1 is 0.905 bits per heavy atom. The van der Waals surface area contributed by atoms with Gasteiger partial charge in [0.15, 0.2) is 0 Å². The van der Waals surface area contributed by atoms with Crippen LogP contribution in [0.25, 0.3) is 10.1 Å². The van der Waals surface area contributed by atoms with Gasteiger partial charge in [0.2, 0.25) is 0 Å². The Morgan fingerprint density at radius 2 is 1.57 bits per heavy atom. The van der Waals surface area contributed by atoms with Gasteiger partial charge in [-0.3, -0.25) is 0 Å². The Bertz CT molecular complexity index is 776. The first kappa shape index (κ1) is 14.6. The number of hydrogen-bond donors (Lipinski definition) is 0. The minimum absolute atomic E-state index is 0.244. The van der Waals surface area contributed by atoms with E-state index in [1.165, 1.54) is 23.5 Å². The van der Waals surface area contributed by atoms with Gasteiger partial charge >= 0.3 is 6.18 Å². The van der Waals surface area contributed by atoms with Crippen molar-refractivity contribution < 1.29 is 13.2 Å². The van der Waals surface area contributed by atoms with E-state index in [9.17, 15) is 13.2 Å². The summed E-state index contributed by atoms with van der Waals surface area (Å²) >= 11 is 4.98. The first-order valence-electron chi connectivity index (χ1n) is 6.25. The van der Waals surface area contributed by atoms with Crippen molar-refractivity contribution in [2.45, 2.75) is 11.0 Å². The summed E-state index contributed by atoms with van der Waals surface area (Å²) in [5, 5.41) is 2.90. The Kier molecular flexibility index (Phi) is 3.80. The van der Waals surface area contributed by atoms with Crippen LogP contribution in [0.3, 0.4) is 0 Å². The van der Waals surface area contributed by atoms with Crippen molar-refractivity contribution in [2.75, 3.05) is 0 Å². The maximum atomic E-state index is 13.1. The van der Waals surface area contributed by atoms with Gasteiger partial charge in [0, 0.05) is 4.70 Å². The predicted octanol–water partition coefficient (Wildman–Crippen LogP) is 6.40. The largest absolute Gasteiger partial charge is 0.416 e. The summed E-state index contributed by atoms with van der Waals surface area (Å²) in [5.41, 5.74) is 0.517. The molecule has 0 amide bonds. The molecule has 0 saturated heterocycles. The van der Waals surface area contributed by atoms with E-state index in [-0.39, 0.29) is 5.56 Å². The molecule has 1 unspecified atom stereocenters. The van der Waals surface area contributed by atoms with Crippen LogP contribution in [-0.4, -0.2) is 0 Å². The molecule has 2 aromatic carbocycles. The summed E-state index contributed by atoms with van der Waals surface area (Å²) in [6.07, 6.45) is -4.35. The predicted molar refractivity (Wildman–Crippen MR) is 84.0 cm³/mol. The van der Waals surface area contributed by atoms with Crippen LogP contribution in [0.2, 0.25) is 0 Å². The van der Waals surface area contributed by atoms with Crippen molar-refractivity contribution >= 4 is 37.4 Å². The zero-order valence-corrected chi connectivity index (χ0v) is 13.1. The van der Waals surface area contributed by atoms with Crippen molar-refractivity contribution in [3.05, 3.63) is 70.6 Å². The summed E-state index contributed by atoms with van der Waals surface area (Å²) in [6.45, 7) is 0. The SMILES string of the molecule is FC(F)(F)c1ccccc1C(Br)c1csc2ccccc12. The summed E-state index contributed by atoms with van der Waals surface area (Å²) in [6, 6.07) is 13.4. The number of halogens is 4. The third-order valence-electron chi connectivity index (χ3n) is 3.32. The summed E-state index contributed by atoms with van der Waals surface area (Å²) < 4.78 is 40.5. The van der Waals surface area contributed by atoms with Crippen molar-refractivity contribution in [2.24, 2.45) is 0 Å². The van der Waals surface area contributed by atoms with E-state index in [0.29, 0.717) is 0 Å². The molecule has 0 fully saturated rings. The van der Waals surface area contributed by atoms with Gasteiger partial charge in [-0.05, 0) is 34.0 Å². The topological polar surface area (TPSA) is 0 Å². The number of alkyl halides is 4. The number of fused-ring (bicyclic) bond motifs is 1. The lowest BCUT2D eigenvalue weighted by atomic mass is 9.99. The molecule has 0 N–H and O–H groups in total. The first-order valence-corrected chi connectivity index (χ1v) is 8.04. The lowest BCUT2D eigenvalue weighted by molar-refractivity contribution is -0.138. The van der Waals surface area contributed by atoms with Crippen LogP contribution in [0.4, 0.5) is 13.2 Å². The lowest BCUT2D eigenvalue weighted by Crippen LogP contribution is -2.10. The molecule has 0 saturated carbocycles. The lowest BCUT2D eigenvalue weighted by Gasteiger charge is -2.17. The highest BCUT2D eigenvalue weighted by atomic mass is 79.9. The monoisotopic (exact) mass is 370 g/mol. The molecule has 0 bridgehead atoms. The number of thiophene rings is 1. The molecular formula is C16H10BrF3S. The highest BCUT2D eigenvalue weighted by molar-refractivity contribution is 9.09. The van der Waals surface area contributed by atoms with Crippen molar-refractivity contribution in [3.63, 3.8) is 0 Å². The highest BCUT2D eigenvalue weighted by Gasteiger charge is 2.35. The Hall–Kier alpha value is -1.33. The molecule has 0 radical (unpaired) electrons. The van der Waals surface area contributed by atoms with Crippen LogP contribution >= 0.6 is 27.3 Å². The maximum absolute atomic E-state index is 13.1. The van der Waals surface area contributed by atoms with Gasteiger partial charge in [0.05, 0.1) is 10.4 Å².